The van der Waals surface area contributed by atoms with Gasteiger partial charge in [0.2, 0.25) is 0 Å². The summed E-state index contributed by atoms with van der Waals surface area (Å²) in [5.74, 6) is 0.155. The van der Waals surface area contributed by atoms with Crippen LogP contribution in [0.3, 0.4) is 0 Å². The molecule has 0 radical (unpaired) electrons. The normalized spacial score (nSPS) is 14.5. The van der Waals surface area contributed by atoms with Gasteiger partial charge in [-0.15, -0.1) is 0 Å². The minimum Gasteiger partial charge on any atom is -0.383 e. The molecule has 0 saturated heterocycles. The van der Waals surface area contributed by atoms with Gasteiger partial charge < -0.3 is 5.73 Å². The fourth-order valence-electron chi connectivity index (χ4n) is 2.92. The number of allylic oxidation sites excluding steroid dienone is 3. The van der Waals surface area contributed by atoms with Crippen LogP contribution in [-0.4, -0.2) is 4.98 Å². The van der Waals surface area contributed by atoms with Crippen LogP contribution in [0.2, 0.25) is 5.02 Å². The topological polar surface area (TPSA) is 86.5 Å². The summed E-state index contributed by atoms with van der Waals surface area (Å²) in [5.41, 5.74) is 11.5. The van der Waals surface area contributed by atoms with Gasteiger partial charge in [-0.05, 0) is 54.3 Å². The van der Waals surface area contributed by atoms with Crippen molar-refractivity contribution in [1.82, 2.24) is 4.98 Å². The van der Waals surface area contributed by atoms with Crippen LogP contribution in [-0.2, 0) is 0 Å². The van der Waals surface area contributed by atoms with E-state index in [4.69, 9.17) is 17.3 Å². The van der Waals surface area contributed by atoms with Crippen molar-refractivity contribution >= 4 is 34.6 Å². The van der Waals surface area contributed by atoms with Crippen LogP contribution in [0, 0.1) is 29.6 Å². The monoisotopic (exact) mass is 332 g/mol. The summed E-state index contributed by atoms with van der Waals surface area (Å²) in [6, 6.07) is 11.7. The van der Waals surface area contributed by atoms with Crippen molar-refractivity contribution in [2.75, 3.05) is 5.73 Å². The Kier molecular flexibility index (Phi) is 3.85. The summed E-state index contributed by atoms with van der Waals surface area (Å²) in [6.07, 6.45) is 1.97. The van der Waals surface area contributed by atoms with Gasteiger partial charge in [0.25, 0.3) is 0 Å². The fourth-order valence-corrected chi connectivity index (χ4v) is 3.05. The van der Waals surface area contributed by atoms with Gasteiger partial charge in [0, 0.05) is 10.6 Å². The van der Waals surface area contributed by atoms with Crippen molar-refractivity contribution in [3.05, 3.63) is 62.8 Å². The van der Waals surface area contributed by atoms with Crippen molar-refractivity contribution in [2.24, 2.45) is 0 Å². The summed E-state index contributed by atoms with van der Waals surface area (Å²) in [5, 5.41) is 19.5. The average molecular weight is 333 g/mol. The fraction of sp³-hybridized carbons (Fsp3) is 0.105. The predicted octanol–water partition coefficient (Wildman–Crippen LogP) is 4.35. The van der Waals surface area contributed by atoms with Gasteiger partial charge in [-0.1, -0.05) is 23.7 Å². The standard InChI is InChI=1S/C19H13ClN4/c1-10-14(7-12-3-5-13(20)6-4-12)17-11(2)16(9-22)19(23)24-18(17)15(10)8-21/h3-7H,1-2H3,(H2,23,24)/b14-7+. The lowest BCUT2D eigenvalue weighted by molar-refractivity contribution is 1.22. The second-order valence-corrected chi connectivity index (χ2v) is 5.99. The molecule has 1 aromatic carbocycles. The molecule has 2 aromatic rings. The van der Waals surface area contributed by atoms with Gasteiger partial charge in [-0.3, -0.25) is 0 Å². The highest BCUT2D eigenvalue weighted by Crippen LogP contribution is 2.44. The van der Waals surface area contributed by atoms with Crippen LogP contribution < -0.4 is 5.73 Å². The van der Waals surface area contributed by atoms with E-state index in [1.165, 1.54) is 0 Å². The summed E-state index contributed by atoms with van der Waals surface area (Å²) < 4.78 is 0. The van der Waals surface area contributed by atoms with E-state index < -0.39 is 0 Å². The molecule has 1 aliphatic rings. The molecule has 0 amide bonds. The molecule has 0 bridgehead atoms. The molecule has 1 aromatic heterocycles. The summed E-state index contributed by atoms with van der Waals surface area (Å²) in [4.78, 5) is 4.31. The van der Waals surface area contributed by atoms with Crippen molar-refractivity contribution in [1.29, 1.82) is 10.5 Å². The van der Waals surface area contributed by atoms with E-state index in [1.54, 1.807) is 0 Å². The second kappa shape index (κ2) is 5.85. The molecule has 4 nitrogen and oxygen atoms in total. The first-order valence-electron chi connectivity index (χ1n) is 7.27. The number of nitrogen functional groups attached to an aromatic ring is 1. The Morgan fingerprint density at radius 3 is 2.38 bits per heavy atom. The maximum absolute atomic E-state index is 9.51. The first kappa shape index (κ1) is 15.8. The summed E-state index contributed by atoms with van der Waals surface area (Å²) in [6.45, 7) is 3.71. The zero-order valence-corrected chi connectivity index (χ0v) is 13.9. The molecule has 5 heteroatoms. The van der Waals surface area contributed by atoms with Gasteiger partial charge in [0.1, 0.15) is 18.0 Å². The molecule has 0 fully saturated rings. The number of pyridine rings is 1. The smallest absolute Gasteiger partial charge is 0.142 e. The number of nitrogens with zero attached hydrogens (tertiary/aromatic N) is 3. The predicted molar refractivity (Wildman–Crippen MR) is 95.6 cm³/mol. The Bertz CT molecular complexity index is 1000. The van der Waals surface area contributed by atoms with Crippen molar-refractivity contribution in [3.63, 3.8) is 0 Å². The first-order valence-corrected chi connectivity index (χ1v) is 7.65. The van der Waals surface area contributed by atoms with Gasteiger partial charge in [-0.25, -0.2) is 4.98 Å². The average Bonchev–Trinajstić information content (AvgIpc) is 2.81. The Balaban J connectivity index is 2.31. The van der Waals surface area contributed by atoms with Crippen molar-refractivity contribution in [3.8, 4) is 12.1 Å². The van der Waals surface area contributed by atoms with Gasteiger partial charge in [-0.2, -0.15) is 10.5 Å². The van der Waals surface area contributed by atoms with Gasteiger partial charge >= 0.3 is 0 Å². The van der Waals surface area contributed by atoms with Crippen LogP contribution in [0.25, 0.3) is 17.2 Å². The number of rotatable bonds is 1. The summed E-state index contributed by atoms with van der Waals surface area (Å²) in [7, 11) is 0. The van der Waals surface area contributed by atoms with E-state index in [-0.39, 0.29) is 5.82 Å². The number of nitrogens with two attached hydrogens (primary N) is 1. The Morgan fingerprint density at radius 2 is 1.79 bits per heavy atom. The molecule has 1 heterocycles. The number of hydrogen-bond acceptors (Lipinski definition) is 4. The Labute approximate surface area is 145 Å². The van der Waals surface area contributed by atoms with E-state index >= 15 is 0 Å². The Hall–Kier alpha value is -3.08. The Morgan fingerprint density at radius 1 is 1.12 bits per heavy atom. The number of anilines is 1. The largest absolute Gasteiger partial charge is 0.383 e. The summed E-state index contributed by atoms with van der Waals surface area (Å²) >= 11 is 5.93. The maximum atomic E-state index is 9.51. The van der Waals surface area contributed by atoms with Crippen LogP contribution in [0.1, 0.15) is 34.9 Å². The van der Waals surface area contributed by atoms with Gasteiger partial charge in [0.15, 0.2) is 0 Å². The SMILES string of the molecule is CC1=C(C#N)c2nc(N)c(C#N)c(C)c2/C1=C/c1ccc(Cl)cc1. The molecule has 1 aliphatic carbocycles. The first-order chi connectivity index (χ1) is 11.5. The molecule has 24 heavy (non-hydrogen) atoms. The lowest BCUT2D eigenvalue weighted by Crippen LogP contribution is -2.03. The lowest BCUT2D eigenvalue weighted by Gasteiger charge is -2.11. The highest BCUT2D eigenvalue weighted by atomic mass is 35.5. The third kappa shape index (κ3) is 2.34. The van der Waals surface area contributed by atoms with Crippen LogP contribution in [0.15, 0.2) is 29.8 Å². The van der Waals surface area contributed by atoms with E-state index in [9.17, 15) is 10.5 Å². The third-order valence-electron chi connectivity index (χ3n) is 4.16. The van der Waals surface area contributed by atoms with E-state index in [0.29, 0.717) is 21.9 Å². The quantitative estimate of drug-likeness (QED) is 0.841. The number of halogens is 1. The highest BCUT2D eigenvalue weighted by molar-refractivity contribution is 6.30. The zero-order chi connectivity index (χ0) is 17.4. The molecule has 2 N–H and O–H groups in total. The maximum Gasteiger partial charge on any atom is 0.142 e. The molecule has 116 valence electrons. The minimum atomic E-state index is 0.155. The van der Waals surface area contributed by atoms with Crippen molar-refractivity contribution < 1.29 is 0 Å². The number of benzene rings is 1. The lowest BCUT2D eigenvalue weighted by atomic mass is 9.95. The number of hydrogen-bond donors (Lipinski definition) is 1. The van der Waals surface area contributed by atoms with Crippen LogP contribution in [0.4, 0.5) is 5.82 Å². The van der Waals surface area contributed by atoms with E-state index in [2.05, 4.69) is 17.1 Å². The number of fused-ring (bicyclic) bond motifs is 1. The molecule has 3 rings (SSSR count). The molecule has 0 aliphatic heterocycles. The highest BCUT2D eigenvalue weighted by Gasteiger charge is 2.29. The zero-order valence-electron chi connectivity index (χ0n) is 13.2. The van der Waals surface area contributed by atoms with Crippen molar-refractivity contribution in [2.45, 2.75) is 13.8 Å². The van der Waals surface area contributed by atoms with E-state index in [1.807, 2.05) is 44.2 Å². The second-order valence-electron chi connectivity index (χ2n) is 5.55. The minimum absolute atomic E-state index is 0.155. The van der Waals surface area contributed by atoms with Gasteiger partial charge in [0.05, 0.1) is 16.8 Å². The third-order valence-corrected chi connectivity index (χ3v) is 4.42. The molecule has 0 spiro atoms. The molecule has 0 saturated carbocycles. The van der Waals surface area contributed by atoms with Crippen LogP contribution >= 0.6 is 11.6 Å². The number of aromatic nitrogens is 1. The molecule has 0 unspecified atom stereocenters. The van der Waals surface area contributed by atoms with Crippen LogP contribution in [0.5, 0.6) is 0 Å². The number of nitriles is 2. The molecule has 0 atom stereocenters. The van der Waals surface area contributed by atoms with E-state index in [0.717, 1.165) is 27.8 Å². The molecular formula is C19H13ClN4. The molecular weight excluding hydrogens is 320 g/mol.